The molecule has 4 heterocycles. The summed E-state index contributed by atoms with van der Waals surface area (Å²) in [4.78, 5) is 0. The van der Waals surface area contributed by atoms with Crippen LogP contribution in [0, 0.1) is 22.7 Å². The fourth-order valence-corrected chi connectivity index (χ4v) is 9.06. The first-order valence-corrected chi connectivity index (χ1v) is 18.5. The Kier molecular flexibility index (Phi) is 6.10. The van der Waals surface area contributed by atoms with Gasteiger partial charge in [-0.1, -0.05) is 84.9 Å². The van der Waals surface area contributed by atoms with Gasteiger partial charge in [-0.15, -0.1) is 0 Å². The molecule has 0 spiro atoms. The van der Waals surface area contributed by atoms with Gasteiger partial charge in [0.1, 0.15) is 28.4 Å². The summed E-state index contributed by atoms with van der Waals surface area (Å²) >= 11 is 0. The van der Waals surface area contributed by atoms with Crippen molar-refractivity contribution < 1.29 is 8.83 Å². The van der Waals surface area contributed by atoms with Gasteiger partial charge in [-0.3, -0.25) is 0 Å². The van der Waals surface area contributed by atoms with Crippen LogP contribution >= 0.6 is 0 Å². The number of fused-ring (bicyclic) bond motifs is 13. The Morgan fingerprint density at radius 1 is 0.393 bits per heavy atom. The van der Waals surface area contributed by atoms with Gasteiger partial charge < -0.3 is 18.0 Å². The first-order chi connectivity index (χ1) is 27.7. The Bertz CT molecular complexity index is 3750. The van der Waals surface area contributed by atoms with E-state index in [2.05, 4.69) is 88.0 Å². The molecule has 6 nitrogen and oxygen atoms in total. The molecule has 8 aromatic carbocycles. The number of nitrogens with zero attached hydrogens (tertiary/aromatic N) is 4. The number of hydrogen-bond donors (Lipinski definition) is 0. The average molecular weight is 715 g/mol. The lowest BCUT2D eigenvalue weighted by atomic mass is 9.95. The number of hydrogen-bond acceptors (Lipinski definition) is 4. The molecule has 0 aliphatic rings. The van der Waals surface area contributed by atoms with Crippen molar-refractivity contribution in [3.05, 3.63) is 169 Å². The lowest BCUT2D eigenvalue weighted by Crippen LogP contribution is -2.02. The predicted molar refractivity (Wildman–Crippen MR) is 225 cm³/mol. The maximum Gasteiger partial charge on any atom is 0.137 e. The van der Waals surface area contributed by atoms with Crippen molar-refractivity contribution in [1.29, 1.82) is 10.5 Å². The van der Waals surface area contributed by atoms with Crippen LogP contribution in [-0.2, 0) is 0 Å². The predicted octanol–water partition coefficient (Wildman–Crippen LogP) is 13.1. The van der Waals surface area contributed by atoms with E-state index in [4.69, 9.17) is 8.83 Å². The second kappa shape index (κ2) is 11.2. The number of furan rings is 2. The zero-order valence-electron chi connectivity index (χ0n) is 29.6. The molecule has 12 rings (SSSR count). The smallest absolute Gasteiger partial charge is 0.137 e. The molecule has 0 fully saturated rings. The molecular weight excluding hydrogens is 689 g/mol. The van der Waals surface area contributed by atoms with Gasteiger partial charge >= 0.3 is 0 Å². The van der Waals surface area contributed by atoms with Crippen molar-refractivity contribution in [2.24, 2.45) is 0 Å². The van der Waals surface area contributed by atoms with Gasteiger partial charge in [0.05, 0.1) is 56.0 Å². The maximum absolute atomic E-state index is 10.9. The first-order valence-electron chi connectivity index (χ1n) is 18.5. The molecule has 0 radical (unpaired) electrons. The van der Waals surface area contributed by atoms with Gasteiger partial charge in [-0.25, -0.2) is 0 Å². The first kappa shape index (κ1) is 30.4. The molecular formula is C50H26N4O2. The number of nitriles is 2. The lowest BCUT2D eigenvalue weighted by Gasteiger charge is -2.17. The van der Waals surface area contributed by atoms with E-state index in [1.807, 2.05) is 91.0 Å². The molecule has 0 N–H and O–H groups in total. The monoisotopic (exact) mass is 714 g/mol. The quantitative estimate of drug-likeness (QED) is 0.182. The normalized spacial score (nSPS) is 11.9. The summed E-state index contributed by atoms with van der Waals surface area (Å²) in [5, 5.41) is 30.0. The molecule has 0 unspecified atom stereocenters. The van der Waals surface area contributed by atoms with Crippen molar-refractivity contribution in [2.45, 2.75) is 0 Å². The zero-order chi connectivity index (χ0) is 37.1. The maximum atomic E-state index is 10.9. The summed E-state index contributed by atoms with van der Waals surface area (Å²) in [5.74, 6) is 0. The molecule has 0 bridgehead atoms. The molecule has 0 atom stereocenters. The number of benzene rings is 8. The van der Waals surface area contributed by atoms with E-state index in [-0.39, 0.29) is 0 Å². The van der Waals surface area contributed by atoms with Gasteiger partial charge in [0.2, 0.25) is 0 Å². The van der Waals surface area contributed by atoms with Crippen LogP contribution in [0.15, 0.2) is 167 Å². The Hall–Kier alpha value is -8.06. The second-order valence-electron chi connectivity index (χ2n) is 14.3. The van der Waals surface area contributed by atoms with E-state index >= 15 is 0 Å². The standard InChI is InChI=1S/C50H26N4O2/c51-27-30-10-9-17-42(54-41-16-6-1-11-32(41)35-21-23-46-49(50(35)54)36-14-4-8-19-45(36)55-46)48(30)29-20-22-39(31(24-29)28-52)53-40-15-5-2-12-33(40)37-26-47-38(25-43(37)53)34-13-3-7-18-44(34)56-47/h1-26H. The summed E-state index contributed by atoms with van der Waals surface area (Å²) in [5.41, 5.74) is 11.4. The molecule has 0 aliphatic heterocycles. The van der Waals surface area contributed by atoms with Crippen LogP contribution < -0.4 is 0 Å². The van der Waals surface area contributed by atoms with Crippen LogP contribution in [0.25, 0.3) is 110 Å². The van der Waals surface area contributed by atoms with Gasteiger partial charge in [0, 0.05) is 43.3 Å². The second-order valence-corrected chi connectivity index (χ2v) is 14.3. The molecule has 12 aromatic rings. The zero-order valence-corrected chi connectivity index (χ0v) is 29.6. The van der Waals surface area contributed by atoms with Crippen molar-refractivity contribution in [3.63, 3.8) is 0 Å². The highest BCUT2D eigenvalue weighted by Gasteiger charge is 2.24. The molecule has 56 heavy (non-hydrogen) atoms. The van der Waals surface area contributed by atoms with Gasteiger partial charge in [-0.2, -0.15) is 10.5 Å². The molecule has 258 valence electrons. The summed E-state index contributed by atoms with van der Waals surface area (Å²) in [6.45, 7) is 0. The Labute approximate surface area is 318 Å². The van der Waals surface area contributed by atoms with Crippen molar-refractivity contribution >= 4 is 87.5 Å². The Morgan fingerprint density at radius 2 is 1.05 bits per heavy atom. The number of para-hydroxylation sites is 4. The minimum atomic E-state index is 0.492. The van der Waals surface area contributed by atoms with Crippen LogP contribution in [-0.4, -0.2) is 9.13 Å². The number of aromatic nitrogens is 2. The van der Waals surface area contributed by atoms with E-state index in [1.54, 1.807) is 0 Å². The topological polar surface area (TPSA) is 83.7 Å². The summed E-state index contributed by atoms with van der Waals surface area (Å²) in [7, 11) is 0. The van der Waals surface area contributed by atoms with E-state index in [1.165, 1.54) is 0 Å². The Morgan fingerprint density at radius 3 is 1.84 bits per heavy atom. The van der Waals surface area contributed by atoms with E-state index in [9.17, 15) is 10.5 Å². The summed E-state index contributed by atoms with van der Waals surface area (Å²) in [6, 6.07) is 58.2. The van der Waals surface area contributed by atoms with Crippen LogP contribution in [0.2, 0.25) is 0 Å². The SMILES string of the molecule is N#Cc1cc(-c2c(C#N)cccc2-n2c3ccccc3c3ccc4oc5ccccc5c4c32)ccc1-n1c2ccccc2c2cc3oc4ccccc4c3cc21. The molecule has 6 heteroatoms. The summed E-state index contributed by atoms with van der Waals surface area (Å²) in [6.07, 6.45) is 0. The minimum Gasteiger partial charge on any atom is -0.456 e. The van der Waals surface area contributed by atoms with E-state index < -0.39 is 0 Å². The van der Waals surface area contributed by atoms with Crippen LogP contribution in [0.1, 0.15) is 11.1 Å². The lowest BCUT2D eigenvalue weighted by molar-refractivity contribution is 0.669. The molecule has 0 saturated heterocycles. The third kappa shape index (κ3) is 4.02. The fraction of sp³-hybridized carbons (Fsp3) is 0. The van der Waals surface area contributed by atoms with E-state index in [0.717, 1.165) is 110 Å². The third-order valence-electron chi connectivity index (χ3n) is 11.4. The highest BCUT2D eigenvalue weighted by Crippen LogP contribution is 2.44. The van der Waals surface area contributed by atoms with Crippen molar-refractivity contribution in [1.82, 2.24) is 9.13 Å². The molecule has 0 saturated carbocycles. The Balaban J connectivity index is 1.14. The largest absolute Gasteiger partial charge is 0.456 e. The van der Waals surface area contributed by atoms with E-state index in [0.29, 0.717) is 11.1 Å². The van der Waals surface area contributed by atoms with Gasteiger partial charge in [0.25, 0.3) is 0 Å². The minimum absolute atomic E-state index is 0.492. The summed E-state index contributed by atoms with van der Waals surface area (Å²) < 4.78 is 17.1. The number of rotatable bonds is 3. The fourth-order valence-electron chi connectivity index (χ4n) is 9.06. The molecule has 0 amide bonds. The average Bonchev–Trinajstić information content (AvgIpc) is 3.99. The highest BCUT2D eigenvalue weighted by atomic mass is 16.3. The van der Waals surface area contributed by atoms with Crippen molar-refractivity contribution in [3.8, 4) is 34.6 Å². The van der Waals surface area contributed by atoms with Crippen molar-refractivity contribution in [2.75, 3.05) is 0 Å². The van der Waals surface area contributed by atoms with Gasteiger partial charge in [0.15, 0.2) is 0 Å². The molecule has 4 aromatic heterocycles. The highest BCUT2D eigenvalue weighted by molar-refractivity contribution is 6.25. The molecule has 0 aliphatic carbocycles. The van der Waals surface area contributed by atoms with Crippen LogP contribution in [0.3, 0.4) is 0 Å². The van der Waals surface area contributed by atoms with Gasteiger partial charge in [-0.05, 0) is 78.4 Å². The third-order valence-corrected chi connectivity index (χ3v) is 11.4. The van der Waals surface area contributed by atoms with Crippen LogP contribution in [0.4, 0.5) is 0 Å². The van der Waals surface area contributed by atoms with Crippen LogP contribution in [0.5, 0.6) is 0 Å².